The van der Waals surface area contributed by atoms with Gasteiger partial charge in [-0.2, -0.15) is 0 Å². The molecule has 26 heavy (non-hydrogen) atoms. The predicted molar refractivity (Wildman–Crippen MR) is 96.6 cm³/mol. The lowest BCUT2D eigenvalue weighted by Gasteiger charge is -2.25. The van der Waals surface area contributed by atoms with Crippen LogP contribution < -0.4 is 10.1 Å². The fourth-order valence-electron chi connectivity index (χ4n) is 2.34. The van der Waals surface area contributed by atoms with Crippen molar-refractivity contribution in [3.63, 3.8) is 0 Å². The van der Waals surface area contributed by atoms with Crippen molar-refractivity contribution in [2.45, 2.75) is 19.5 Å². The molecule has 0 heterocycles. The molecule has 0 saturated carbocycles. The minimum absolute atomic E-state index is 0.386. The summed E-state index contributed by atoms with van der Waals surface area (Å²) in [5.74, 6) is -4.25. The maximum Gasteiger partial charge on any atom is 0.241 e. The third kappa shape index (κ3) is 4.56. The van der Waals surface area contributed by atoms with Gasteiger partial charge in [0.1, 0.15) is 5.75 Å². The van der Waals surface area contributed by atoms with E-state index in [0.29, 0.717) is 12.3 Å². The lowest BCUT2D eigenvalue weighted by molar-refractivity contribution is -0.120. The Kier molecular flexibility index (Phi) is 6.66. The van der Waals surface area contributed by atoms with Crippen molar-refractivity contribution in [1.29, 1.82) is 0 Å². The molecule has 0 aliphatic carbocycles. The maximum absolute atomic E-state index is 13.7. The molecular formula is C18H18BrF3N2O2. The smallest absolute Gasteiger partial charge is 0.241 e. The highest BCUT2D eigenvalue weighted by Crippen LogP contribution is 2.25. The topological polar surface area (TPSA) is 41.6 Å². The highest BCUT2D eigenvalue weighted by molar-refractivity contribution is 9.10. The highest BCUT2D eigenvalue weighted by atomic mass is 79.9. The quantitative estimate of drug-likeness (QED) is 0.693. The molecule has 0 spiro atoms. The summed E-state index contributed by atoms with van der Waals surface area (Å²) in [5.41, 5.74) is 0.442. The zero-order valence-corrected chi connectivity index (χ0v) is 16.0. The van der Waals surface area contributed by atoms with Crippen LogP contribution in [0.25, 0.3) is 0 Å². The lowest BCUT2D eigenvalue weighted by Crippen LogP contribution is -2.39. The van der Waals surface area contributed by atoms with Crippen LogP contribution in [0.3, 0.4) is 0 Å². The van der Waals surface area contributed by atoms with Gasteiger partial charge in [0.25, 0.3) is 0 Å². The normalized spacial score (nSPS) is 12.2. The monoisotopic (exact) mass is 430 g/mol. The van der Waals surface area contributed by atoms with E-state index in [1.807, 2.05) is 12.1 Å². The van der Waals surface area contributed by atoms with Crippen molar-refractivity contribution < 1.29 is 22.7 Å². The van der Waals surface area contributed by atoms with Crippen molar-refractivity contribution >= 4 is 27.5 Å². The van der Waals surface area contributed by atoms with E-state index in [1.54, 1.807) is 32.0 Å². The van der Waals surface area contributed by atoms with Crippen molar-refractivity contribution in [1.82, 2.24) is 4.90 Å². The van der Waals surface area contributed by atoms with Gasteiger partial charge >= 0.3 is 0 Å². The standard InChI is InChI=1S/C18H18BrF3N2O2/c1-10(18(25)23-14-6-5-13(20)16(21)17(14)22)24(2)9-11-8-12(19)4-7-15(11)26-3/h4-8,10H,9H2,1-3H3,(H,23,25)/t10-/m1/s1. The summed E-state index contributed by atoms with van der Waals surface area (Å²) < 4.78 is 46.1. The first-order chi connectivity index (χ1) is 12.2. The number of benzene rings is 2. The Bertz CT molecular complexity index is 817. The molecule has 1 amide bonds. The molecule has 0 aromatic heterocycles. The van der Waals surface area contributed by atoms with Gasteiger partial charge in [-0.3, -0.25) is 9.69 Å². The summed E-state index contributed by atoms with van der Waals surface area (Å²) >= 11 is 3.39. The van der Waals surface area contributed by atoms with E-state index in [-0.39, 0.29) is 0 Å². The molecule has 0 aliphatic rings. The summed E-state index contributed by atoms with van der Waals surface area (Å²) in [6.45, 7) is 2.01. The van der Waals surface area contributed by atoms with Gasteiger partial charge in [0, 0.05) is 16.6 Å². The van der Waals surface area contributed by atoms with Crippen LogP contribution >= 0.6 is 15.9 Å². The maximum atomic E-state index is 13.7. The van der Waals surface area contributed by atoms with Gasteiger partial charge in [-0.25, -0.2) is 13.2 Å². The number of amides is 1. The molecule has 8 heteroatoms. The van der Waals surface area contributed by atoms with E-state index in [9.17, 15) is 18.0 Å². The predicted octanol–water partition coefficient (Wildman–Crippen LogP) is 4.33. The number of ether oxygens (including phenoxy) is 1. The third-order valence-corrected chi connectivity index (χ3v) is 4.49. The highest BCUT2D eigenvalue weighted by Gasteiger charge is 2.22. The van der Waals surface area contributed by atoms with Crippen molar-refractivity contribution in [2.24, 2.45) is 0 Å². The molecule has 2 rings (SSSR count). The fraction of sp³-hybridized carbons (Fsp3) is 0.278. The van der Waals surface area contributed by atoms with E-state index in [4.69, 9.17) is 4.74 Å². The summed E-state index contributed by atoms with van der Waals surface area (Å²) in [7, 11) is 3.26. The molecule has 2 aromatic carbocycles. The zero-order chi connectivity index (χ0) is 19.4. The molecule has 1 atom stereocenters. The van der Waals surface area contributed by atoms with Crippen LogP contribution in [0.2, 0.25) is 0 Å². The van der Waals surface area contributed by atoms with Crippen LogP contribution in [0.1, 0.15) is 12.5 Å². The molecule has 0 aliphatic heterocycles. The summed E-state index contributed by atoms with van der Waals surface area (Å²) in [6.07, 6.45) is 0. The Balaban J connectivity index is 2.11. The van der Waals surface area contributed by atoms with Crippen LogP contribution in [0.4, 0.5) is 18.9 Å². The van der Waals surface area contributed by atoms with E-state index in [1.165, 1.54) is 0 Å². The molecule has 0 bridgehead atoms. The Labute approximate surface area is 158 Å². The van der Waals surface area contributed by atoms with E-state index in [0.717, 1.165) is 22.2 Å². The minimum Gasteiger partial charge on any atom is -0.496 e. The average Bonchev–Trinajstić information content (AvgIpc) is 2.61. The van der Waals surface area contributed by atoms with Gasteiger partial charge in [-0.1, -0.05) is 15.9 Å². The number of anilines is 1. The van der Waals surface area contributed by atoms with Crippen LogP contribution in [-0.2, 0) is 11.3 Å². The summed E-state index contributed by atoms with van der Waals surface area (Å²) in [5, 5.41) is 2.28. The molecule has 0 fully saturated rings. The lowest BCUT2D eigenvalue weighted by atomic mass is 10.1. The van der Waals surface area contributed by atoms with Crippen LogP contribution in [0.5, 0.6) is 5.75 Å². The van der Waals surface area contributed by atoms with E-state index >= 15 is 0 Å². The van der Waals surface area contributed by atoms with Crippen molar-refractivity contribution in [2.75, 3.05) is 19.5 Å². The number of hydrogen-bond acceptors (Lipinski definition) is 3. The van der Waals surface area contributed by atoms with Crippen molar-refractivity contribution in [3.05, 3.63) is 57.8 Å². The molecular weight excluding hydrogens is 413 g/mol. The number of hydrogen-bond donors (Lipinski definition) is 1. The van der Waals surface area contributed by atoms with Crippen LogP contribution in [-0.4, -0.2) is 31.0 Å². The van der Waals surface area contributed by atoms with Crippen LogP contribution in [0, 0.1) is 17.5 Å². The Morgan fingerprint density at radius 3 is 2.58 bits per heavy atom. The first-order valence-corrected chi connectivity index (χ1v) is 8.51. The largest absolute Gasteiger partial charge is 0.496 e. The number of methoxy groups -OCH3 is 1. The second-order valence-electron chi connectivity index (χ2n) is 5.76. The molecule has 0 saturated heterocycles. The van der Waals surface area contributed by atoms with Gasteiger partial charge in [-0.15, -0.1) is 0 Å². The van der Waals surface area contributed by atoms with E-state index in [2.05, 4.69) is 21.2 Å². The molecule has 2 aromatic rings. The van der Waals surface area contributed by atoms with Gasteiger partial charge in [-0.05, 0) is 44.3 Å². The Morgan fingerprint density at radius 1 is 1.23 bits per heavy atom. The number of carbonyl (C=O) groups is 1. The number of halogens is 4. The summed E-state index contributed by atoms with van der Waals surface area (Å²) in [6, 6.07) is 6.59. The number of carbonyl (C=O) groups excluding carboxylic acids is 1. The number of nitrogens with zero attached hydrogens (tertiary/aromatic N) is 1. The number of likely N-dealkylation sites (N-methyl/N-ethyl adjacent to an activating group) is 1. The van der Waals surface area contributed by atoms with Crippen molar-refractivity contribution in [3.8, 4) is 5.75 Å². The third-order valence-electron chi connectivity index (χ3n) is 4.00. The zero-order valence-electron chi connectivity index (χ0n) is 14.4. The van der Waals surface area contributed by atoms with Gasteiger partial charge < -0.3 is 10.1 Å². The molecule has 140 valence electrons. The molecule has 0 unspecified atom stereocenters. The minimum atomic E-state index is -1.62. The summed E-state index contributed by atoms with van der Waals surface area (Å²) in [4.78, 5) is 14.1. The number of nitrogens with one attached hydrogen (secondary N) is 1. The SMILES string of the molecule is COc1ccc(Br)cc1CN(C)[C@H](C)C(=O)Nc1ccc(F)c(F)c1F. The Hall–Kier alpha value is -2.06. The van der Waals surface area contributed by atoms with Gasteiger partial charge in [0.2, 0.25) is 5.91 Å². The van der Waals surface area contributed by atoms with Gasteiger partial charge in [0.15, 0.2) is 17.5 Å². The van der Waals surface area contributed by atoms with Crippen LogP contribution in [0.15, 0.2) is 34.8 Å². The number of rotatable bonds is 6. The second-order valence-corrected chi connectivity index (χ2v) is 6.68. The Morgan fingerprint density at radius 2 is 1.92 bits per heavy atom. The van der Waals surface area contributed by atoms with Gasteiger partial charge in [0.05, 0.1) is 18.8 Å². The fourth-order valence-corrected chi connectivity index (χ4v) is 2.74. The molecule has 0 radical (unpaired) electrons. The first-order valence-electron chi connectivity index (χ1n) is 7.71. The molecule has 4 nitrogen and oxygen atoms in total. The second kappa shape index (κ2) is 8.55. The molecule has 1 N–H and O–H groups in total. The average molecular weight is 431 g/mol. The van der Waals surface area contributed by atoms with E-state index < -0.39 is 35.1 Å². The first kappa shape index (κ1) is 20.3.